The number of nitrogens with two attached hydrogens (primary N) is 1. The normalized spacial score (nSPS) is 21.7. The first-order valence-corrected chi connectivity index (χ1v) is 14.8. The highest BCUT2D eigenvalue weighted by Gasteiger charge is 2.44. The number of piperidine rings is 1. The third-order valence-corrected chi connectivity index (χ3v) is 8.90. The van der Waals surface area contributed by atoms with E-state index < -0.39 is 6.04 Å². The highest BCUT2D eigenvalue weighted by Crippen LogP contribution is 2.40. The average molecular weight is 579 g/mol. The molecule has 0 radical (unpaired) electrons. The lowest BCUT2D eigenvalue weighted by Gasteiger charge is -2.43. The van der Waals surface area contributed by atoms with Gasteiger partial charge in [0.15, 0.2) is 23.0 Å². The van der Waals surface area contributed by atoms with Crippen LogP contribution in [-0.2, 0) is 16.0 Å². The molecule has 1 saturated heterocycles. The molecule has 2 aromatic carbocycles. The first kappa shape index (κ1) is 29.7. The summed E-state index contributed by atoms with van der Waals surface area (Å²) < 4.78 is 21.7. The van der Waals surface area contributed by atoms with Crippen molar-refractivity contribution in [2.45, 2.75) is 57.0 Å². The van der Waals surface area contributed by atoms with Crippen LogP contribution < -0.4 is 24.7 Å². The van der Waals surface area contributed by atoms with Crippen LogP contribution in [0.3, 0.4) is 0 Å². The molecule has 10 heteroatoms. The molecule has 2 N–H and O–H groups in total. The fourth-order valence-electron chi connectivity index (χ4n) is 6.61. The number of hydrogen-bond acceptors (Lipinski definition) is 8. The zero-order valence-corrected chi connectivity index (χ0v) is 25.0. The van der Waals surface area contributed by atoms with Crippen LogP contribution in [0.15, 0.2) is 41.5 Å². The molecular weight excluding hydrogens is 536 g/mol. The lowest BCUT2D eigenvalue weighted by Crippen LogP contribution is -2.54. The Labute approximate surface area is 247 Å². The lowest BCUT2D eigenvalue weighted by molar-refractivity contribution is -0.143. The van der Waals surface area contributed by atoms with Crippen molar-refractivity contribution in [3.8, 4) is 23.0 Å². The monoisotopic (exact) mass is 578 g/mol. The number of likely N-dealkylation sites (tertiary alicyclic amines) is 1. The number of hydrogen-bond donors (Lipinski definition) is 1. The van der Waals surface area contributed by atoms with Crippen LogP contribution in [0.4, 0.5) is 0 Å². The predicted molar refractivity (Wildman–Crippen MR) is 159 cm³/mol. The van der Waals surface area contributed by atoms with E-state index in [1.165, 1.54) is 0 Å². The van der Waals surface area contributed by atoms with Crippen molar-refractivity contribution in [1.29, 1.82) is 0 Å². The average Bonchev–Trinajstić information content (AvgIpc) is 3.04. The van der Waals surface area contributed by atoms with Gasteiger partial charge in [-0.05, 0) is 68.0 Å². The van der Waals surface area contributed by atoms with Crippen molar-refractivity contribution in [3.63, 3.8) is 0 Å². The van der Waals surface area contributed by atoms with Crippen LogP contribution in [0.25, 0.3) is 0 Å². The first-order chi connectivity index (χ1) is 20.4. The molecule has 5 rings (SSSR count). The van der Waals surface area contributed by atoms with Gasteiger partial charge in [0.2, 0.25) is 11.8 Å². The van der Waals surface area contributed by atoms with Crippen molar-refractivity contribution >= 4 is 17.5 Å². The van der Waals surface area contributed by atoms with E-state index in [9.17, 15) is 9.59 Å². The molecule has 0 bridgehead atoms. The summed E-state index contributed by atoms with van der Waals surface area (Å²) in [5, 5.41) is 6.74. The zero-order chi connectivity index (χ0) is 29.8. The second-order valence-corrected chi connectivity index (χ2v) is 11.3. The molecule has 42 heavy (non-hydrogen) atoms. The van der Waals surface area contributed by atoms with Gasteiger partial charge in [-0.1, -0.05) is 18.9 Å². The van der Waals surface area contributed by atoms with E-state index in [2.05, 4.69) is 0 Å². The summed E-state index contributed by atoms with van der Waals surface area (Å²) in [5.41, 5.74) is 9.17. The number of carbonyl (C=O) groups is 2. The van der Waals surface area contributed by atoms with Crippen molar-refractivity contribution in [2.24, 2.45) is 22.7 Å². The fraction of sp³-hybridized carbons (Fsp3) is 0.531. The van der Waals surface area contributed by atoms with Gasteiger partial charge < -0.3 is 29.6 Å². The Hall–Kier alpha value is -3.79. The maximum atomic E-state index is 13.7. The zero-order valence-electron chi connectivity index (χ0n) is 25.0. The molecule has 1 aliphatic carbocycles. The number of amides is 2. The molecule has 3 aliphatic rings. The second-order valence-electron chi connectivity index (χ2n) is 11.3. The minimum absolute atomic E-state index is 0.0679. The molecule has 0 aromatic heterocycles. The molecule has 226 valence electrons. The van der Waals surface area contributed by atoms with Crippen molar-refractivity contribution in [3.05, 3.63) is 47.5 Å². The van der Waals surface area contributed by atoms with Crippen molar-refractivity contribution in [2.75, 3.05) is 41.5 Å². The van der Waals surface area contributed by atoms with Crippen LogP contribution in [-0.4, -0.2) is 81.0 Å². The molecule has 0 spiro atoms. The van der Waals surface area contributed by atoms with E-state index >= 15 is 0 Å². The number of benzene rings is 2. The quantitative estimate of drug-likeness (QED) is 0.483. The van der Waals surface area contributed by atoms with Crippen molar-refractivity contribution < 1.29 is 28.5 Å². The summed E-state index contributed by atoms with van der Waals surface area (Å²) in [6.45, 7) is 1.06. The number of nitrogens with zero attached hydrogens (tertiary/aromatic N) is 3. The molecule has 10 nitrogen and oxygen atoms in total. The Bertz CT molecular complexity index is 1320. The maximum Gasteiger partial charge on any atom is 0.246 e. The first-order valence-electron chi connectivity index (χ1n) is 14.8. The smallest absolute Gasteiger partial charge is 0.246 e. The second kappa shape index (κ2) is 13.0. The molecule has 2 amide bonds. The molecule has 2 fully saturated rings. The van der Waals surface area contributed by atoms with Gasteiger partial charge in [-0.2, -0.15) is 5.10 Å². The van der Waals surface area contributed by atoms with E-state index in [0.717, 1.165) is 42.5 Å². The van der Waals surface area contributed by atoms with Gasteiger partial charge in [-0.25, -0.2) is 5.01 Å². The SMILES string of the molecule is COc1ccc(C[C@H](N)C(=O)N2CCC(N3N=C(c4ccc(OC)c(OC)c4)[C@H]4CCCC[C@H]4C3=O)CC2)cc1OC. The van der Waals surface area contributed by atoms with Crippen molar-refractivity contribution in [1.82, 2.24) is 9.91 Å². The van der Waals surface area contributed by atoms with Crippen LogP contribution in [0, 0.1) is 11.8 Å². The van der Waals surface area contributed by atoms with E-state index in [4.69, 9.17) is 29.8 Å². The van der Waals surface area contributed by atoms with E-state index in [0.29, 0.717) is 55.4 Å². The number of rotatable bonds is 9. The third-order valence-electron chi connectivity index (χ3n) is 8.90. The lowest BCUT2D eigenvalue weighted by atomic mass is 9.73. The van der Waals surface area contributed by atoms with Crippen LogP contribution >= 0.6 is 0 Å². The Balaban J connectivity index is 1.29. The Kier molecular flexibility index (Phi) is 9.21. The molecule has 2 heterocycles. The molecule has 1 saturated carbocycles. The number of carbonyl (C=O) groups excluding carboxylic acids is 2. The van der Waals surface area contributed by atoms with Crippen LogP contribution in [0.5, 0.6) is 23.0 Å². The van der Waals surface area contributed by atoms with Crippen LogP contribution in [0.1, 0.15) is 49.7 Å². The van der Waals surface area contributed by atoms with Gasteiger partial charge in [-0.3, -0.25) is 9.59 Å². The van der Waals surface area contributed by atoms with Gasteiger partial charge >= 0.3 is 0 Å². The molecule has 0 unspecified atom stereocenters. The summed E-state index contributed by atoms with van der Waals surface area (Å²) in [6.07, 6.45) is 5.65. The predicted octanol–water partition coefficient (Wildman–Crippen LogP) is 3.63. The summed E-state index contributed by atoms with van der Waals surface area (Å²) in [5.74, 6) is 2.58. The largest absolute Gasteiger partial charge is 0.493 e. The molecule has 3 atom stereocenters. The Morgan fingerprint density at radius 3 is 2.10 bits per heavy atom. The molecule has 2 aliphatic heterocycles. The standard InChI is InChI=1S/C32H42N4O6/c1-39-26-11-9-20(18-28(26)41-3)17-25(33)32(38)35-15-13-22(14-16-35)36-31(37)24-8-6-5-7-23(24)30(34-36)21-10-12-27(40-2)29(19-21)42-4/h9-12,18-19,22-25H,5-8,13-17,33H2,1-4H3/t23-,24+,25-/m0/s1. The Morgan fingerprint density at radius 1 is 0.857 bits per heavy atom. The highest BCUT2D eigenvalue weighted by atomic mass is 16.5. The van der Waals surface area contributed by atoms with Gasteiger partial charge in [0.25, 0.3) is 0 Å². The Morgan fingerprint density at radius 2 is 1.45 bits per heavy atom. The summed E-state index contributed by atoms with van der Waals surface area (Å²) in [6, 6.07) is 10.7. The summed E-state index contributed by atoms with van der Waals surface area (Å²) >= 11 is 0. The van der Waals surface area contributed by atoms with Gasteiger partial charge in [-0.15, -0.1) is 0 Å². The summed E-state index contributed by atoms with van der Waals surface area (Å²) in [4.78, 5) is 28.8. The number of ether oxygens (including phenoxy) is 4. The van der Waals surface area contributed by atoms with E-state index in [-0.39, 0.29) is 29.7 Å². The number of fused-ring (bicyclic) bond motifs is 1. The van der Waals surface area contributed by atoms with E-state index in [1.54, 1.807) is 33.4 Å². The van der Waals surface area contributed by atoms with Gasteiger partial charge in [0.1, 0.15) is 0 Å². The van der Waals surface area contributed by atoms with Gasteiger partial charge in [0.05, 0.1) is 46.2 Å². The fourth-order valence-corrected chi connectivity index (χ4v) is 6.61. The highest BCUT2D eigenvalue weighted by molar-refractivity contribution is 6.07. The maximum absolute atomic E-state index is 13.7. The third kappa shape index (κ3) is 5.90. The summed E-state index contributed by atoms with van der Waals surface area (Å²) in [7, 11) is 6.41. The topological polar surface area (TPSA) is 116 Å². The number of methoxy groups -OCH3 is 4. The van der Waals surface area contributed by atoms with Crippen LogP contribution in [0.2, 0.25) is 0 Å². The minimum atomic E-state index is -0.672. The van der Waals surface area contributed by atoms with E-state index in [1.807, 2.05) is 41.3 Å². The molecule has 2 aromatic rings. The number of hydrazone groups is 1. The van der Waals surface area contributed by atoms with Gasteiger partial charge in [0, 0.05) is 30.5 Å². The minimum Gasteiger partial charge on any atom is -0.493 e. The molecular formula is C32H42N4O6.